The monoisotopic (exact) mass is 338 g/mol. The Hall–Kier alpha value is -2.56. The highest BCUT2D eigenvalue weighted by Crippen LogP contribution is 2.25. The van der Waals surface area contributed by atoms with Gasteiger partial charge in [-0.25, -0.2) is 9.98 Å². The van der Waals surface area contributed by atoms with Crippen molar-refractivity contribution in [3.05, 3.63) is 53.7 Å². The maximum absolute atomic E-state index is 6.04. The molecule has 1 aliphatic carbocycles. The molecule has 0 saturated heterocycles. The van der Waals surface area contributed by atoms with Crippen LogP contribution in [0, 0.1) is 0 Å². The van der Waals surface area contributed by atoms with Crippen molar-refractivity contribution in [3.63, 3.8) is 0 Å². The largest absolute Gasteiger partial charge is 0.474 e. The summed E-state index contributed by atoms with van der Waals surface area (Å²) in [5.74, 6) is 1.07. The minimum atomic E-state index is 0.283. The van der Waals surface area contributed by atoms with Gasteiger partial charge in [-0.2, -0.15) is 0 Å². The van der Waals surface area contributed by atoms with E-state index < -0.39 is 0 Å². The molecule has 0 spiro atoms. The molecule has 1 aromatic carbocycles. The molecule has 0 atom stereocenters. The van der Waals surface area contributed by atoms with Crippen molar-refractivity contribution in [2.75, 3.05) is 5.32 Å². The molecular formula is C20H26N4O. The fraction of sp³-hybridized carbons (Fsp3) is 0.400. The first kappa shape index (κ1) is 17.3. The molecule has 0 amide bonds. The van der Waals surface area contributed by atoms with E-state index in [1.54, 1.807) is 6.20 Å². The second-order valence-corrected chi connectivity index (χ2v) is 6.37. The standard InChI is InChI=1S/C20H26N4O/c1-2-15-9-11-17(12-10-15)24-20(21)23-14-16-6-5-13-22-19(16)25-18-7-3-4-8-18/h5-6,9-13,18H,2-4,7-8,14H2,1H3,(H3,21,23,24). The van der Waals surface area contributed by atoms with Crippen LogP contribution in [0.25, 0.3) is 0 Å². The first-order valence-corrected chi connectivity index (χ1v) is 9.01. The zero-order chi connectivity index (χ0) is 17.5. The van der Waals surface area contributed by atoms with Crippen molar-refractivity contribution in [3.8, 4) is 5.88 Å². The average molecular weight is 338 g/mol. The van der Waals surface area contributed by atoms with E-state index >= 15 is 0 Å². The summed E-state index contributed by atoms with van der Waals surface area (Å²) in [6.45, 7) is 2.58. The van der Waals surface area contributed by atoms with Crippen LogP contribution in [0.1, 0.15) is 43.7 Å². The lowest BCUT2D eigenvalue weighted by atomic mass is 10.1. The molecule has 1 aliphatic rings. The molecule has 3 N–H and O–H groups in total. The summed E-state index contributed by atoms with van der Waals surface area (Å²) in [4.78, 5) is 8.80. The van der Waals surface area contributed by atoms with Gasteiger partial charge in [0.15, 0.2) is 5.96 Å². The Balaban J connectivity index is 1.61. The van der Waals surface area contributed by atoms with Gasteiger partial charge in [0, 0.05) is 17.4 Å². The molecule has 1 heterocycles. The van der Waals surface area contributed by atoms with E-state index in [0.717, 1.165) is 30.5 Å². The Labute approximate surface area is 149 Å². The van der Waals surface area contributed by atoms with Crippen LogP contribution in [0.4, 0.5) is 5.69 Å². The summed E-state index contributed by atoms with van der Waals surface area (Å²) >= 11 is 0. The molecule has 3 rings (SSSR count). The van der Waals surface area contributed by atoms with Crippen LogP contribution in [0.2, 0.25) is 0 Å². The molecule has 0 unspecified atom stereocenters. The van der Waals surface area contributed by atoms with Gasteiger partial charge in [0.05, 0.1) is 6.54 Å². The number of aliphatic imine (C=N–C) groups is 1. The van der Waals surface area contributed by atoms with Crippen LogP contribution >= 0.6 is 0 Å². The maximum Gasteiger partial charge on any atom is 0.218 e. The number of nitrogens with zero attached hydrogens (tertiary/aromatic N) is 2. The quantitative estimate of drug-likeness (QED) is 0.619. The topological polar surface area (TPSA) is 72.5 Å². The fourth-order valence-corrected chi connectivity index (χ4v) is 3.00. The highest BCUT2D eigenvalue weighted by Gasteiger charge is 2.18. The molecule has 5 heteroatoms. The first-order chi connectivity index (χ1) is 12.2. The van der Waals surface area contributed by atoms with Crippen molar-refractivity contribution >= 4 is 11.6 Å². The molecular weight excluding hydrogens is 312 g/mol. The van der Waals surface area contributed by atoms with Gasteiger partial charge in [0.1, 0.15) is 6.10 Å². The van der Waals surface area contributed by atoms with Crippen molar-refractivity contribution in [2.24, 2.45) is 10.7 Å². The molecule has 0 aliphatic heterocycles. The number of hydrogen-bond donors (Lipinski definition) is 2. The van der Waals surface area contributed by atoms with Gasteiger partial charge in [-0.3, -0.25) is 0 Å². The number of pyridine rings is 1. The SMILES string of the molecule is CCc1ccc(NC(N)=NCc2cccnc2OC2CCCC2)cc1. The molecule has 5 nitrogen and oxygen atoms in total. The van der Waals surface area contributed by atoms with Crippen LogP contribution in [0.3, 0.4) is 0 Å². The number of rotatable bonds is 6. The summed E-state index contributed by atoms with van der Waals surface area (Å²) in [6.07, 6.45) is 7.75. The number of anilines is 1. The van der Waals surface area contributed by atoms with Crippen LogP contribution in [0.15, 0.2) is 47.6 Å². The van der Waals surface area contributed by atoms with E-state index in [1.807, 2.05) is 24.3 Å². The number of nitrogens with one attached hydrogen (secondary N) is 1. The predicted octanol–water partition coefficient (Wildman–Crippen LogP) is 3.89. The minimum Gasteiger partial charge on any atom is -0.474 e. The molecule has 0 radical (unpaired) electrons. The van der Waals surface area contributed by atoms with E-state index in [9.17, 15) is 0 Å². The first-order valence-electron chi connectivity index (χ1n) is 9.01. The van der Waals surface area contributed by atoms with E-state index in [2.05, 4.69) is 34.3 Å². The number of nitrogens with two attached hydrogens (primary N) is 1. The normalized spacial score (nSPS) is 15.3. The third-order valence-electron chi connectivity index (χ3n) is 4.48. The third kappa shape index (κ3) is 4.95. The van der Waals surface area contributed by atoms with Gasteiger partial charge in [0.25, 0.3) is 0 Å². The highest BCUT2D eigenvalue weighted by molar-refractivity contribution is 5.92. The Morgan fingerprint density at radius 3 is 2.72 bits per heavy atom. The minimum absolute atomic E-state index is 0.283. The van der Waals surface area contributed by atoms with Crippen LogP contribution in [-0.2, 0) is 13.0 Å². The second-order valence-electron chi connectivity index (χ2n) is 6.37. The lowest BCUT2D eigenvalue weighted by Gasteiger charge is -2.14. The van der Waals surface area contributed by atoms with Gasteiger partial charge in [0.2, 0.25) is 5.88 Å². The number of guanidine groups is 1. The molecule has 1 saturated carbocycles. The van der Waals surface area contributed by atoms with Crippen molar-refractivity contribution in [2.45, 2.75) is 51.7 Å². The smallest absolute Gasteiger partial charge is 0.218 e. The number of benzene rings is 1. The molecule has 0 bridgehead atoms. The van der Waals surface area contributed by atoms with E-state index in [0.29, 0.717) is 18.4 Å². The summed E-state index contributed by atoms with van der Waals surface area (Å²) in [6, 6.07) is 12.1. The highest BCUT2D eigenvalue weighted by atomic mass is 16.5. The molecule has 1 fully saturated rings. The van der Waals surface area contributed by atoms with Gasteiger partial charge in [-0.1, -0.05) is 25.1 Å². The van der Waals surface area contributed by atoms with Crippen LogP contribution in [-0.4, -0.2) is 17.0 Å². The number of aryl methyl sites for hydroxylation is 1. The zero-order valence-electron chi connectivity index (χ0n) is 14.7. The second kappa shape index (κ2) is 8.51. The summed E-state index contributed by atoms with van der Waals surface area (Å²) in [5, 5.41) is 3.12. The predicted molar refractivity (Wildman–Crippen MR) is 102 cm³/mol. The fourth-order valence-electron chi connectivity index (χ4n) is 3.00. The van der Waals surface area contributed by atoms with E-state index in [4.69, 9.17) is 10.5 Å². The van der Waals surface area contributed by atoms with Gasteiger partial charge in [-0.05, 0) is 55.9 Å². The van der Waals surface area contributed by atoms with Crippen molar-refractivity contribution in [1.29, 1.82) is 0 Å². The Bertz CT molecular complexity index is 706. The Kier molecular flexibility index (Phi) is 5.88. The summed E-state index contributed by atoms with van der Waals surface area (Å²) in [7, 11) is 0. The van der Waals surface area contributed by atoms with Crippen LogP contribution < -0.4 is 15.8 Å². The lowest BCUT2D eigenvalue weighted by Crippen LogP contribution is -2.22. The summed E-state index contributed by atoms with van der Waals surface area (Å²) < 4.78 is 6.04. The lowest BCUT2D eigenvalue weighted by molar-refractivity contribution is 0.199. The number of aromatic nitrogens is 1. The van der Waals surface area contributed by atoms with Gasteiger partial charge >= 0.3 is 0 Å². The summed E-state index contributed by atoms with van der Waals surface area (Å²) in [5.41, 5.74) is 9.21. The molecule has 1 aromatic heterocycles. The van der Waals surface area contributed by atoms with Crippen molar-refractivity contribution in [1.82, 2.24) is 4.98 Å². The van der Waals surface area contributed by atoms with Crippen molar-refractivity contribution < 1.29 is 4.74 Å². The Morgan fingerprint density at radius 2 is 2.00 bits per heavy atom. The molecule has 132 valence electrons. The van der Waals surface area contributed by atoms with Gasteiger partial charge in [-0.15, -0.1) is 0 Å². The number of ether oxygens (including phenoxy) is 1. The zero-order valence-corrected chi connectivity index (χ0v) is 14.7. The van der Waals surface area contributed by atoms with Gasteiger partial charge < -0.3 is 15.8 Å². The van der Waals surface area contributed by atoms with E-state index in [1.165, 1.54) is 18.4 Å². The Morgan fingerprint density at radius 1 is 1.24 bits per heavy atom. The van der Waals surface area contributed by atoms with E-state index in [-0.39, 0.29) is 6.10 Å². The number of hydrogen-bond acceptors (Lipinski definition) is 3. The molecule has 25 heavy (non-hydrogen) atoms. The molecule has 2 aromatic rings. The average Bonchev–Trinajstić information content (AvgIpc) is 3.15. The van der Waals surface area contributed by atoms with Crippen LogP contribution in [0.5, 0.6) is 5.88 Å². The maximum atomic E-state index is 6.04. The third-order valence-corrected chi connectivity index (χ3v) is 4.48.